The smallest absolute Gasteiger partial charge is 0.416 e. The van der Waals surface area contributed by atoms with E-state index in [2.05, 4.69) is 4.74 Å². The minimum atomic E-state index is -4.80. The maximum absolute atomic E-state index is 14.2. The summed E-state index contributed by atoms with van der Waals surface area (Å²) < 4.78 is 99.2. The monoisotopic (exact) mass is 481 g/mol. The van der Waals surface area contributed by atoms with Crippen LogP contribution in [0.5, 0.6) is 5.75 Å². The van der Waals surface area contributed by atoms with Gasteiger partial charge in [-0.2, -0.15) is 22.0 Å². The van der Waals surface area contributed by atoms with Crippen LogP contribution in [0.1, 0.15) is 15.9 Å². The normalized spacial score (nSPS) is 14.4. The Morgan fingerprint density at radius 3 is 2.00 bits per heavy atom. The largest absolute Gasteiger partial charge is 0.491 e. The Hall–Kier alpha value is -3.58. The van der Waals surface area contributed by atoms with Crippen LogP contribution < -0.4 is 9.64 Å². The van der Waals surface area contributed by atoms with Crippen LogP contribution in [0.2, 0.25) is 0 Å². The molecule has 7 nitrogen and oxygen atoms in total. The molecule has 0 aliphatic carbocycles. The van der Waals surface area contributed by atoms with Crippen molar-refractivity contribution in [3.8, 4) is 5.75 Å². The fourth-order valence-corrected chi connectivity index (χ4v) is 3.40. The molecule has 0 aromatic heterocycles. The number of carbonyl (C=O) groups excluding carboxylic acids is 1. The molecule has 2 aromatic rings. The summed E-state index contributed by atoms with van der Waals surface area (Å²) >= 11 is 0. The number of nitro groups is 1. The van der Waals surface area contributed by atoms with Crippen molar-refractivity contribution in [3.05, 3.63) is 62.7 Å². The minimum Gasteiger partial charge on any atom is -0.491 e. The lowest BCUT2D eigenvalue weighted by atomic mass is 10.1. The van der Waals surface area contributed by atoms with Crippen molar-refractivity contribution < 1.29 is 45.2 Å². The molecule has 0 radical (unpaired) electrons. The Labute approximate surface area is 181 Å². The van der Waals surface area contributed by atoms with E-state index in [1.165, 1.54) is 4.90 Å². The van der Waals surface area contributed by atoms with Gasteiger partial charge in [0.05, 0.1) is 17.6 Å². The zero-order valence-electron chi connectivity index (χ0n) is 16.7. The van der Waals surface area contributed by atoms with Crippen molar-refractivity contribution in [3.63, 3.8) is 0 Å². The molecule has 1 aliphatic rings. The van der Waals surface area contributed by atoms with E-state index < -0.39 is 62.8 Å². The molecule has 0 unspecified atom stereocenters. The number of halogens is 7. The molecular formula is C19H14F7N3O4. The van der Waals surface area contributed by atoms with Crippen LogP contribution in [0.25, 0.3) is 0 Å². The number of amides is 1. The van der Waals surface area contributed by atoms with E-state index in [-0.39, 0.29) is 31.9 Å². The Kier molecular flexibility index (Phi) is 6.38. The highest BCUT2D eigenvalue weighted by atomic mass is 19.4. The highest BCUT2D eigenvalue weighted by Gasteiger charge is 2.36. The Morgan fingerprint density at radius 1 is 1.00 bits per heavy atom. The van der Waals surface area contributed by atoms with Crippen LogP contribution in [-0.4, -0.2) is 49.0 Å². The summed E-state index contributed by atoms with van der Waals surface area (Å²) in [4.78, 5) is 25.0. The first-order valence-corrected chi connectivity index (χ1v) is 9.18. The first kappa shape index (κ1) is 24.1. The van der Waals surface area contributed by atoms with Gasteiger partial charge < -0.3 is 14.5 Å². The quantitative estimate of drug-likeness (QED) is 0.284. The third-order valence-corrected chi connectivity index (χ3v) is 5.05. The van der Waals surface area contributed by atoms with Crippen LogP contribution in [0.3, 0.4) is 0 Å². The predicted octanol–water partition coefficient (Wildman–Crippen LogP) is 4.14. The topological polar surface area (TPSA) is 75.9 Å². The molecule has 33 heavy (non-hydrogen) atoms. The van der Waals surface area contributed by atoms with Crippen LogP contribution in [-0.2, 0) is 6.18 Å². The summed E-state index contributed by atoms with van der Waals surface area (Å²) in [6.07, 6.45) is -4.80. The van der Waals surface area contributed by atoms with E-state index in [0.717, 1.165) is 18.1 Å². The standard InChI is InChI=1S/C19H14F7N3O4/c1-33-17-15(22)13(20)12(14(21)16(17)23)18(30)28-6-4-27(5-7-28)10-3-2-9(19(24,25)26)8-11(10)29(31)32/h2-3,8H,4-7H2,1H3. The van der Waals surface area contributed by atoms with Crippen molar-refractivity contribution in [1.82, 2.24) is 4.90 Å². The van der Waals surface area contributed by atoms with E-state index in [1.54, 1.807) is 0 Å². The molecule has 1 saturated heterocycles. The van der Waals surface area contributed by atoms with E-state index in [1.807, 2.05) is 0 Å². The molecule has 0 atom stereocenters. The Morgan fingerprint density at radius 2 is 1.55 bits per heavy atom. The molecule has 1 fully saturated rings. The first-order chi connectivity index (χ1) is 15.4. The summed E-state index contributed by atoms with van der Waals surface area (Å²) in [7, 11) is 0.779. The van der Waals surface area contributed by atoms with Crippen molar-refractivity contribution in [1.29, 1.82) is 0 Å². The maximum atomic E-state index is 14.2. The molecule has 1 heterocycles. The van der Waals surface area contributed by atoms with Crippen LogP contribution in [0.15, 0.2) is 18.2 Å². The van der Waals surface area contributed by atoms with Crippen molar-refractivity contribution in [2.24, 2.45) is 0 Å². The van der Waals surface area contributed by atoms with Crippen LogP contribution in [0.4, 0.5) is 42.1 Å². The highest BCUT2D eigenvalue weighted by molar-refractivity contribution is 5.95. The molecular weight excluding hydrogens is 467 g/mol. The number of alkyl halides is 3. The van der Waals surface area contributed by atoms with Gasteiger partial charge in [-0.3, -0.25) is 14.9 Å². The van der Waals surface area contributed by atoms with E-state index >= 15 is 0 Å². The maximum Gasteiger partial charge on any atom is 0.416 e. The van der Waals surface area contributed by atoms with Crippen LogP contribution in [0, 0.1) is 33.4 Å². The second-order valence-corrected chi connectivity index (χ2v) is 6.90. The van der Waals surface area contributed by atoms with Gasteiger partial charge in [-0.25, -0.2) is 8.78 Å². The van der Waals surface area contributed by atoms with Crippen molar-refractivity contribution >= 4 is 17.3 Å². The second kappa shape index (κ2) is 8.75. The molecule has 178 valence electrons. The number of anilines is 1. The summed E-state index contributed by atoms with van der Waals surface area (Å²) in [5.74, 6) is -10.4. The second-order valence-electron chi connectivity index (χ2n) is 6.90. The fraction of sp³-hybridized carbons (Fsp3) is 0.316. The summed E-state index contributed by atoms with van der Waals surface area (Å²) in [5.41, 5.74) is -3.67. The molecule has 0 spiro atoms. The molecule has 0 N–H and O–H groups in total. The number of hydrogen-bond acceptors (Lipinski definition) is 5. The molecule has 0 bridgehead atoms. The van der Waals surface area contributed by atoms with E-state index in [9.17, 15) is 45.6 Å². The Bertz CT molecular complexity index is 1090. The number of methoxy groups -OCH3 is 1. The SMILES string of the molecule is COc1c(F)c(F)c(C(=O)N2CCN(c3ccc(C(F)(F)F)cc3[N+](=O)[O-])CC2)c(F)c1F. The van der Waals surface area contributed by atoms with Gasteiger partial charge >= 0.3 is 6.18 Å². The van der Waals surface area contributed by atoms with Gasteiger partial charge in [0.1, 0.15) is 11.3 Å². The van der Waals surface area contributed by atoms with E-state index in [4.69, 9.17) is 0 Å². The highest BCUT2D eigenvalue weighted by Crippen LogP contribution is 2.37. The average Bonchev–Trinajstić information content (AvgIpc) is 2.77. The van der Waals surface area contributed by atoms with Crippen LogP contribution >= 0.6 is 0 Å². The van der Waals surface area contributed by atoms with Crippen molar-refractivity contribution in [2.45, 2.75) is 6.18 Å². The number of carbonyl (C=O) groups is 1. The van der Waals surface area contributed by atoms with Crippen molar-refractivity contribution in [2.75, 3.05) is 38.2 Å². The molecule has 2 aromatic carbocycles. The molecule has 3 rings (SSSR count). The van der Waals surface area contributed by atoms with Gasteiger partial charge in [0.15, 0.2) is 17.4 Å². The number of nitro benzene ring substituents is 1. The molecule has 14 heteroatoms. The lowest BCUT2D eigenvalue weighted by molar-refractivity contribution is -0.384. The number of hydrogen-bond donors (Lipinski definition) is 0. The van der Waals surface area contributed by atoms with Gasteiger partial charge in [-0.1, -0.05) is 0 Å². The molecule has 1 aliphatic heterocycles. The van der Waals surface area contributed by atoms with Gasteiger partial charge in [0.2, 0.25) is 11.6 Å². The number of ether oxygens (including phenoxy) is 1. The van der Waals surface area contributed by atoms with Gasteiger partial charge in [0.25, 0.3) is 11.6 Å². The summed E-state index contributed by atoms with van der Waals surface area (Å²) in [6.45, 7) is -0.902. The van der Waals surface area contributed by atoms with Gasteiger partial charge in [-0.05, 0) is 12.1 Å². The summed E-state index contributed by atoms with van der Waals surface area (Å²) in [5, 5.41) is 11.3. The third-order valence-electron chi connectivity index (χ3n) is 5.05. The lowest BCUT2D eigenvalue weighted by Gasteiger charge is -2.36. The number of benzene rings is 2. The predicted molar refractivity (Wildman–Crippen MR) is 99.0 cm³/mol. The molecule has 1 amide bonds. The minimum absolute atomic E-state index is 0.154. The number of nitrogens with zero attached hydrogens (tertiary/aromatic N) is 3. The summed E-state index contributed by atoms with van der Waals surface area (Å²) in [6, 6.07) is 1.94. The number of rotatable bonds is 4. The van der Waals surface area contributed by atoms with E-state index in [0.29, 0.717) is 12.1 Å². The Balaban J connectivity index is 1.84. The van der Waals surface area contributed by atoms with Gasteiger partial charge in [-0.15, -0.1) is 0 Å². The molecule has 0 saturated carbocycles. The zero-order chi connectivity index (χ0) is 24.7. The number of piperazine rings is 1. The van der Waals surface area contributed by atoms with Gasteiger partial charge in [0, 0.05) is 32.2 Å². The average molecular weight is 481 g/mol. The third kappa shape index (κ3) is 4.36. The first-order valence-electron chi connectivity index (χ1n) is 9.18. The lowest BCUT2D eigenvalue weighted by Crippen LogP contribution is -2.49. The zero-order valence-corrected chi connectivity index (χ0v) is 16.7. The fourth-order valence-electron chi connectivity index (χ4n) is 3.40.